The van der Waals surface area contributed by atoms with Crippen molar-refractivity contribution in [3.8, 4) is 0 Å². The smallest absolute Gasteiger partial charge is 0.0670 e. The zero-order valence-electron chi connectivity index (χ0n) is 14.3. The van der Waals surface area contributed by atoms with Gasteiger partial charge in [0.1, 0.15) is 0 Å². The molecule has 0 aromatic heterocycles. The van der Waals surface area contributed by atoms with Crippen LogP contribution in [0.4, 0.5) is 0 Å². The molecule has 0 heterocycles. The minimum Gasteiger partial charge on any atom is -0.395 e. The highest BCUT2D eigenvalue weighted by Crippen LogP contribution is 2.06. The molecule has 3 N–H and O–H groups in total. The molecule has 0 amide bonds. The van der Waals surface area contributed by atoms with Crippen LogP contribution in [0, 0.1) is 0 Å². The maximum atomic E-state index is 10.1. The molecular formula is C18H35NO3. The van der Waals surface area contributed by atoms with Crippen molar-refractivity contribution in [2.75, 3.05) is 26.2 Å². The third-order valence-corrected chi connectivity index (χ3v) is 3.49. The van der Waals surface area contributed by atoms with Crippen LogP contribution in [0.5, 0.6) is 0 Å². The molecular weight excluding hydrogens is 278 g/mol. The van der Waals surface area contributed by atoms with Crippen molar-refractivity contribution in [3.63, 3.8) is 0 Å². The fourth-order valence-electron chi connectivity index (χ4n) is 2.32. The fourth-order valence-corrected chi connectivity index (χ4v) is 2.32. The van der Waals surface area contributed by atoms with E-state index in [2.05, 4.69) is 38.2 Å². The first-order valence-corrected chi connectivity index (χ1v) is 8.63. The van der Waals surface area contributed by atoms with E-state index in [4.69, 9.17) is 5.11 Å². The van der Waals surface area contributed by atoms with Gasteiger partial charge in [0.2, 0.25) is 0 Å². The lowest BCUT2D eigenvalue weighted by molar-refractivity contribution is 0.0544. The Morgan fingerprint density at radius 3 is 1.64 bits per heavy atom. The summed E-state index contributed by atoms with van der Waals surface area (Å²) < 4.78 is 0. The van der Waals surface area contributed by atoms with E-state index in [-0.39, 0.29) is 6.61 Å². The Labute approximate surface area is 136 Å². The standard InChI is InChI=1S/C18H35NO3/c1-3-5-7-9-11-17(21)15-19(13-14-20)16-18(22)12-10-8-6-4-2/h5-8,17-18,20-22H,3-4,9-16H2,1-2H3/b7-5+,8-6+. The summed E-state index contributed by atoms with van der Waals surface area (Å²) in [4.78, 5) is 1.95. The van der Waals surface area contributed by atoms with Crippen LogP contribution >= 0.6 is 0 Å². The SMILES string of the molecule is CC/C=C/CCC(O)CN(CCO)CC(O)CC/C=C/CC. The Bertz CT molecular complexity index is 266. The second-order valence-electron chi connectivity index (χ2n) is 5.70. The quantitative estimate of drug-likeness (QED) is 0.431. The molecule has 0 aromatic rings. The van der Waals surface area contributed by atoms with Gasteiger partial charge in [-0.3, -0.25) is 4.90 Å². The number of nitrogens with zero attached hydrogens (tertiary/aromatic N) is 1. The molecule has 0 fully saturated rings. The molecule has 130 valence electrons. The van der Waals surface area contributed by atoms with Crippen molar-refractivity contribution < 1.29 is 15.3 Å². The third-order valence-electron chi connectivity index (χ3n) is 3.49. The lowest BCUT2D eigenvalue weighted by atomic mass is 10.1. The van der Waals surface area contributed by atoms with Crippen LogP contribution in [0.3, 0.4) is 0 Å². The van der Waals surface area contributed by atoms with Gasteiger partial charge in [0.05, 0.1) is 18.8 Å². The van der Waals surface area contributed by atoms with E-state index >= 15 is 0 Å². The summed E-state index contributed by atoms with van der Waals surface area (Å²) in [5, 5.41) is 29.2. The van der Waals surface area contributed by atoms with Gasteiger partial charge in [-0.15, -0.1) is 0 Å². The molecule has 0 radical (unpaired) electrons. The lowest BCUT2D eigenvalue weighted by Crippen LogP contribution is -2.39. The van der Waals surface area contributed by atoms with Gasteiger partial charge in [-0.1, -0.05) is 38.2 Å². The predicted molar refractivity (Wildman–Crippen MR) is 92.9 cm³/mol. The van der Waals surface area contributed by atoms with Gasteiger partial charge in [0.25, 0.3) is 0 Å². The number of hydrogen-bond donors (Lipinski definition) is 3. The van der Waals surface area contributed by atoms with Gasteiger partial charge in [-0.05, 0) is 38.5 Å². The summed E-state index contributed by atoms with van der Waals surface area (Å²) in [5.41, 5.74) is 0. The van der Waals surface area contributed by atoms with Crippen LogP contribution in [-0.4, -0.2) is 58.7 Å². The maximum Gasteiger partial charge on any atom is 0.0670 e. The number of hydrogen-bond acceptors (Lipinski definition) is 4. The van der Waals surface area contributed by atoms with Gasteiger partial charge in [-0.25, -0.2) is 0 Å². The highest BCUT2D eigenvalue weighted by atomic mass is 16.3. The van der Waals surface area contributed by atoms with Crippen LogP contribution < -0.4 is 0 Å². The fraction of sp³-hybridized carbons (Fsp3) is 0.778. The third kappa shape index (κ3) is 13.0. The van der Waals surface area contributed by atoms with Crippen LogP contribution in [0.2, 0.25) is 0 Å². The summed E-state index contributed by atoms with van der Waals surface area (Å²) in [7, 11) is 0. The highest BCUT2D eigenvalue weighted by Gasteiger charge is 2.14. The topological polar surface area (TPSA) is 63.9 Å². The number of allylic oxidation sites excluding steroid dienone is 4. The minimum atomic E-state index is -0.416. The average Bonchev–Trinajstić information content (AvgIpc) is 2.48. The molecule has 0 bridgehead atoms. The maximum absolute atomic E-state index is 10.1. The van der Waals surface area contributed by atoms with Crippen LogP contribution in [0.1, 0.15) is 52.4 Å². The van der Waals surface area contributed by atoms with Gasteiger partial charge in [0.15, 0.2) is 0 Å². The van der Waals surface area contributed by atoms with Crippen molar-refractivity contribution in [1.29, 1.82) is 0 Å². The summed E-state index contributed by atoms with van der Waals surface area (Å²) in [6.45, 7) is 5.72. The lowest BCUT2D eigenvalue weighted by Gasteiger charge is -2.26. The van der Waals surface area contributed by atoms with E-state index < -0.39 is 12.2 Å². The van der Waals surface area contributed by atoms with E-state index in [1.165, 1.54) is 0 Å². The zero-order valence-corrected chi connectivity index (χ0v) is 14.3. The first-order chi connectivity index (χ1) is 10.6. The molecule has 2 unspecified atom stereocenters. The first kappa shape index (κ1) is 21.3. The molecule has 0 aromatic carbocycles. The normalized spacial score (nSPS) is 15.2. The second kappa shape index (κ2) is 15.2. The zero-order chi connectivity index (χ0) is 16.6. The van der Waals surface area contributed by atoms with E-state index in [1.807, 2.05) is 4.90 Å². The first-order valence-electron chi connectivity index (χ1n) is 8.63. The Balaban J connectivity index is 4.06. The molecule has 0 rings (SSSR count). The Morgan fingerprint density at radius 1 is 0.818 bits per heavy atom. The summed E-state index contributed by atoms with van der Waals surface area (Å²) in [6, 6.07) is 0. The Morgan fingerprint density at radius 2 is 1.27 bits per heavy atom. The molecule has 0 aliphatic rings. The summed E-state index contributed by atoms with van der Waals surface area (Å²) >= 11 is 0. The van der Waals surface area contributed by atoms with E-state index in [0.717, 1.165) is 25.7 Å². The molecule has 4 heteroatoms. The number of aliphatic hydroxyl groups excluding tert-OH is 3. The van der Waals surface area contributed by atoms with Gasteiger partial charge >= 0.3 is 0 Å². The van der Waals surface area contributed by atoms with Crippen LogP contribution in [0.15, 0.2) is 24.3 Å². The van der Waals surface area contributed by atoms with Crippen LogP contribution in [-0.2, 0) is 0 Å². The van der Waals surface area contributed by atoms with Gasteiger partial charge in [-0.2, -0.15) is 0 Å². The number of rotatable bonds is 14. The largest absolute Gasteiger partial charge is 0.395 e. The summed E-state index contributed by atoms with van der Waals surface area (Å²) in [5.74, 6) is 0. The van der Waals surface area contributed by atoms with Crippen molar-refractivity contribution >= 4 is 0 Å². The number of aliphatic hydroxyl groups is 3. The average molecular weight is 313 g/mol. The van der Waals surface area contributed by atoms with Crippen molar-refractivity contribution in [2.45, 2.75) is 64.6 Å². The van der Waals surface area contributed by atoms with Crippen molar-refractivity contribution in [2.24, 2.45) is 0 Å². The Kier molecular flexibility index (Phi) is 14.8. The van der Waals surface area contributed by atoms with Gasteiger partial charge in [0, 0.05) is 19.6 Å². The van der Waals surface area contributed by atoms with Crippen LogP contribution in [0.25, 0.3) is 0 Å². The molecule has 0 saturated heterocycles. The van der Waals surface area contributed by atoms with Crippen molar-refractivity contribution in [3.05, 3.63) is 24.3 Å². The molecule has 4 nitrogen and oxygen atoms in total. The highest BCUT2D eigenvalue weighted by molar-refractivity contribution is 4.83. The van der Waals surface area contributed by atoms with E-state index in [0.29, 0.717) is 32.5 Å². The van der Waals surface area contributed by atoms with Crippen molar-refractivity contribution in [1.82, 2.24) is 4.90 Å². The van der Waals surface area contributed by atoms with E-state index in [1.54, 1.807) is 0 Å². The Hall–Kier alpha value is -0.680. The molecule has 22 heavy (non-hydrogen) atoms. The second-order valence-corrected chi connectivity index (χ2v) is 5.70. The molecule has 0 aliphatic carbocycles. The minimum absolute atomic E-state index is 0.0465. The predicted octanol–water partition coefficient (Wildman–Crippen LogP) is 2.50. The molecule has 2 atom stereocenters. The molecule has 0 saturated carbocycles. The monoisotopic (exact) mass is 313 g/mol. The summed E-state index contributed by atoms with van der Waals surface area (Å²) in [6.07, 6.45) is 12.8. The molecule has 0 spiro atoms. The van der Waals surface area contributed by atoms with Gasteiger partial charge < -0.3 is 15.3 Å². The van der Waals surface area contributed by atoms with E-state index in [9.17, 15) is 10.2 Å². The molecule has 0 aliphatic heterocycles.